The molecule has 4 heteroatoms. The largest absolute Gasteiger partial charge is 0.366 e. The lowest BCUT2D eigenvalue weighted by atomic mass is 10.1. The lowest BCUT2D eigenvalue weighted by Gasteiger charge is -1.96. The van der Waals surface area contributed by atoms with E-state index in [9.17, 15) is 9.59 Å². The molecule has 0 aliphatic carbocycles. The lowest BCUT2D eigenvalue weighted by molar-refractivity contribution is 0.0992. The van der Waals surface area contributed by atoms with Crippen molar-refractivity contribution in [1.82, 2.24) is 0 Å². The van der Waals surface area contributed by atoms with Crippen LogP contribution in [0, 0.1) is 23.7 Å². The van der Waals surface area contributed by atoms with Crippen LogP contribution in [0.4, 0.5) is 0 Å². The summed E-state index contributed by atoms with van der Waals surface area (Å²) in [4.78, 5) is 22.1. The van der Waals surface area contributed by atoms with Crippen LogP contribution in [-0.2, 0) is 0 Å². The minimum atomic E-state index is -0.458. The van der Waals surface area contributed by atoms with Gasteiger partial charge in [-0.15, -0.1) is 0 Å². The van der Waals surface area contributed by atoms with Crippen LogP contribution >= 0.6 is 0 Å². The second-order valence-corrected chi connectivity index (χ2v) is 5.96. The third-order valence-electron chi connectivity index (χ3n) is 3.93. The van der Waals surface area contributed by atoms with Crippen LogP contribution in [-0.4, -0.2) is 11.8 Å². The van der Waals surface area contributed by atoms with E-state index in [1.807, 2.05) is 24.3 Å². The molecule has 2 amide bonds. The Morgan fingerprint density at radius 1 is 0.464 bits per heavy atom. The van der Waals surface area contributed by atoms with E-state index in [2.05, 4.69) is 23.7 Å². The number of benzene rings is 3. The highest BCUT2D eigenvalue weighted by Gasteiger charge is 1.99. The first kappa shape index (κ1) is 18.5. The fourth-order valence-electron chi connectivity index (χ4n) is 2.36. The zero-order chi connectivity index (χ0) is 19.9. The molecule has 0 saturated carbocycles. The summed E-state index contributed by atoms with van der Waals surface area (Å²) in [5.41, 5.74) is 14.7. The highest BCUT2D eigenvalue weighted by Crippen LogP contribution is 2.06. The van der Waals surface area contributed by atoms with Gasteiger partial charge in [-0.05, 0) is 72.8 Å². The van der Waals surface area contributed by atoms with Crippen LogP contribution in [0.3, 0.4) is 0 Å². The van der Waals surface area contributed by atoms with Gasteiger partial charge in [-0.25, -0.2) is 0 Å². The molecule has 3 rings (SSSR count). The Morgan fingerprint density at radius 3 is 0.893 bits per heavy atom. The number of hydrogen-bond donors (Lipinski definition) is 2. The summed E-state index contributed by atoms with van der Waals surface area (Å²) in [6, 6.07) is 21.2. The molecular weight excluding hydrogens is 348 g/mol. The van der Waals surface area contributed by atoms with E-state index in [4.69, 9.17) is 11.5 Å². The fourth-order valence-corrected chi connectivity index (χ4v) is 2.36. The maximum absolute atomic E-state index is 11.1. The second-order valence-electron chi connectivity index (χ2n) is 5.96. The molecule has 0 radical (unpaired) electrons. The Kier molecular flexibility index (Phi) is 5.55. The number of hydrogen-bond acceptors (Lipinski definition) is 2. The first-order valence-electron chi connectivity index (χ1n) is 8.45. The van der Waals surface area contributed by atoms with Gasteiger partial charge >= 0.3 is 0 Å². The maximum atomic E-state index is 11.1. The highest BCUT2D eigenvalue weighted by molar-refractivity contribution is 5.93. The number of amides is 2. The highest BCUT2D eigenvalue weighted by atomic mass is 16.1. The monoisotopic (exact) mass is 364 g/mol. The minimum Gasteiger partial charge on any atom is -0.366 e. The first-order chi connectivity index (χ1) is 13.5. The van der Waals surface area contributed by atoms with E-state index in [-0.39, 0.29) is 0 Å². The fraction of sp³-hybridized carbons (Fsp3) is 0. The van der Waals surface area contributed by atoms with Crippen LogP contribution in [0.5, 0.6) is 0 Å². The molecule has 0 spiro atoms. The molecular formula is C24H16N2O2. The van der Waals surface area contributed by atoms with Crippen LogP contribution in [0.15, 0.2) is 72.8 Å². The topological polar surface area (TPSA) is 86.2 Å². The predicted octanol–water partition coefficient (Wildman–Crippen LogP) is 2.68. The molecule has 28 heavy (non-hydrogen) atoms. The summed E-state index contributed by atoms with van der Waals surface area (Å²) in [5.74, 6) is 11.3. The molecule has 0 heterocycles. The molecule has 134 valence electrons. The Balaban J connectivity index is 1.69. The molecule has 0 atom stereocenters. The number of primary amides is 2. The number of carbonyl (C=O) groups excluding carboxylic acids is 2. The summed E-state index contributed by atoms with van der Waals surface area (Å²) < 4.78 is 0. The SMILES string of the molecule is NC(=O)c1ccc(C#Cc2ccc(C#Cc3ccc(C(N)=O)cc3)cc2)cc1. The molecule has 0 fully saturated rings. The van der Waals surface area contributed by atoms with Gasteiger partial charge in [0.1, 0.15) is 0 Å². The van der Waals surface area contributed by atoms with E-state index >= 15 is 0 Å². The molecule has 0 bridgehead atoms. The molecule has 3 aromatic rings. The van der Waals surface area contributed by atoms with Crippen LogP contribution in [0.2, 0.25) is 0 Å². The molecule has 0 saturated heterocycles. The van der Waals surface area contributed by atoms with Gasteiger partial charge in [0.05, 0.1) is 0 Å². The summed E-state index contributed by atoms with van der Waals surface area (Å²) in [6.07, 6.45) is 0. The Morgan fingerprint density at radius 2 is 0.679 bits per heavy atom. The minimum absolute atomic E-state index is 0.456. The Labute approximate surface area is 163 Å². The summed E-state index contributed by atoms with van der Waals surface area (Å²) in [7, 11) is 0. The molecule has 0 aliphatic heterocycles. The molecule has 3 aromatic carbocycles. The van der Waals surface area contributed by atoms with Gasteiger partial charge in [0.25, 0.3) is 0 Å². The Hall–Kier alpha value is -4.28. The molecule has 4 nitrogen and oxygen atoms in total. The summed E-state index contributed by atoms with van der Waals surface area (Å²) in [6.45, 7) is 0. The standard InChI is InChI=1S/C24H16N2O2/c25-23(27)21-13-9-19(10-14-21)7-5-17-1-2-18(4-3-17)6-8-20-11-15-22(16-12-20)24(26)28/h1-4,9-16H,(H2,25,27)(H2,26,28). The lowest BCUT2D eigenvalue weighted by Crippen LogP contribution is -2.10. The van der Waals surface area contributed by atoms with Crippen molar-refractivity contribution in [1.29, 1.82) is 0 Å². The summed E-state index contributed by atoms with van der Waals surface area (Å²) >= 11 is 0. The van der Waals surface area contributed by atoms with Gasteiger partial charge in [-0.1, -0.05) is 23.7 Å². The number of nitrogens with two attached hydrogens (primary N) is 2. The third-order valence-corrected chi connectivity index (χ3v) is 3.93. The zero-order valence-electron chi connectivity index (χ0n) is 14.9. The maximum Gasteiger partial charge on any atom is 0.248 e. The zero-order valence-corrected chi connectivity index (χ0v) is 14.9. The number of rotatable bonds is 2. The number of carbonyl (C=O) groups is 2. The first-order valence-corrected chi connectivity index (χ1v) is 8.45. The van der Waals surface area contributed by atoms with Crippen molar-refractivity contribution < 1.29 is 9.59 Å². The van der Waals surface area contributed by atoms with E-state index in [1.165, 1.54) is 0 Å². The average Bonchev–Trinajstić information content (AvgIpc) is 2.72. The summed E-state index contributed by atoms with van der Waals surface area (Å²) in [5, 5.41) is 0. The normalized spacial score (nSPS) is 9.43. The molecule has 0 aromatic heterocycles. The van der Waals surface area contributed by atoms with Gasteiger partial charge in [-0.2, -0.15) is 0 Å². The van der Waals surface area contributed by atoms with Crippen molar-refractivity contribution in [2.24, 2.45) is 11.5 Å². The van der Waals surface area contributed by atoms with Crippen molar-refractivity contribution in [3.63, 3.8) is 0 Å². The van der Waals surface area contributed by atoms with Crippen molar-refractivity contribution in [2.75, 3.05) is 0 Å². The van der Waals surface area contributed by atoms with E-state index in [0.717, 1.165) is 22.3 Å². The van der Waals surface area contributed by atoms with Crippen molar-refractivity contribution in [3.05, 3.63) is 106 Å². The van der Waals surface area contributed by atoms with Crippen LogP contribution < -0.4 is 11.5 Å². The van der Waals surface area contributed by atoms with Crippen LogP contribution in [0.25, 0.3) is 0 Å². The molecule has 4 N–H and O–H groups in total. The predicted molar refractivity (Wildman–Crippen MR) is 108 cm³/mol. The average molecular weight is 364 g/mol. The van der Waals surface area contributed by atoms with E-state index < -0.39 is 11.8 Å². The van der Waals surface area contributed by atoms with E-state index in [0.29, 0.717) is 11.1 Å². The van der Waals surface area contributed by atoms with Crippen molar-refractivity contribution in [2.45, 2.75) is 0 Å². The third kappa shape index (κ3) is 4.88. The van der Waals surface area contributed by atoms with Gasteiger partial charge < -0.3 is 11.5 Å². The van der Waals surface area contributed by atoms with Gasteiger partial charge in [-0.3, -0.25) is 9.59 Å². The van der Waals surface area contributed by atoms with Gasteiger partial charge in [0.15, 0.2) is 0 Å². The smallest absolute Gasteiger partial charge is 0.248 e. The van der Waals surface area contributed by atoms with Crippen molar-refractivity contribution in [3.8, 4) is 23.7 Å². The van der Waals surface area contributed by atoms with Gasteiger partial charge in [0.2, 0.25) is 11.8 Å². The molecule has 0 aliphatic rings. The van der Waals surface area contributed by atoms with Gasteiger partial charge in [0, 0.05) is 33.4 Å². The van der Waals surface area contributed by atoms with Crippen molar-refractivity contribution >= 4 is 11.8 Å². The quantitative estimate of drug-likeness (QED) is 0.685. The van der Waals surface area contributed by atoms with E-state index in [1.54, 1.807) is 48.5 Å². The second kappa shape index (κ2) is 8.40. The molecule has 0 unspecified atom stereocenters. The van der Waals surface area contributed by atoms with Crippen LogP contribution in [0.1, 0.15) is 43.0 Å². The Bertz CT molecular complexity index is 1040.